The second-order valence-electron chi connectivity index (χ2n) is 4.54. The Hall–Kier alpha value is -0.170. The van der Waals surface area contributed by atoms with Crippen molar-refractivity contribution in [1.82, 2.24) is 4.90 Å². The normalized spacial score (nSPS) is 30.8. The largest absolute Gasteiger partial charge is 0.378 e. The van der Waals surface area contributed by atoms with E-state index in [4.69, 9.17) is 8.92 Å². The molecule has 0 aromatic rings. The molecule has 2 unspecified atom stereocenters. The van der Waals surface area contributed by atoms with Gasteiger partial charge in [0, 0.05) is 18.6 Å². The quantitative estimate of drug-likeness (QED) is 0.515. The maximum atomic E-state index is 10.8. The van der Waals surface area contributed by atoms with Gasteiger partial charge in [-0.3, -0.25) is 9.08 Å². The molecule has 2 aliphatic rings. The molecule has 0 amide bonds. The van der Waals surface area contributed by atoms with Gasteiger partial charge in [-0.2, -0.15) is 8.42 Å². The van der Waals surface area contributed by atoms with Crippen molar-refractivity contribution in [2.75, 3.05) is 32.6 Å². The number of nitrogens with zero attached hydrogens (tertiary/aromatic N) is 1. The fraction of sp³-hybridized carbons (Fsp3) is 1.00. The first-order chi connectivity index (χ1) is 7.56. The van der Waals surface area contributed by atoms with E-state index in [1.165, 1.54) is 12.8 Å². The summed E-state index contributed by atoms with van der Waals surface area (Å²) in [4.78, 5) is 2.44. The highest BCUT2D eigenvalue weighted by molar-refractivity contribution is 7.85. The summed E-state index contributed by atoms with van der Waals surface area (Å²) in [5.74, 6) is 0. The van der Waals surface area contributed by atoms with Crippen LogP contribution in [0.4, 0.5) is 0 Å². The second kappa shape index (κ2) is 5.00. The molecule has 0 N–H and O–H groups in total. The van der Waals surface area contributed by atoms with E-state index in [-0.39, 0.29) is 6.61 Å². The lowest BCUT2D eigenvalue weighted by atomic mass is 10.2. The van der Waals surface area contributed by atoms with E-state index in [0.717, 1.165) is 32.4 Å². The molecular weight excluding hydrogens is 230 g/mol. The van der Waals surface area contributed by atoms with Crippen LogP contribution in [0.2, 0.25) is 0 Å². The fourth-order valence-corrected chi connectivity index (χ4v) is 2.96. The van der Waals surface area contributed by atoms with Gasteiger partial charge in [0.2, 0.25) is 0 Å². The minimum absolute atomic E-state index is 0.287. The lowest BCUT2D eigenvalue weighted by Crippen LogP contribution is -2.46. The molecule has 0 saturated carbocycles. The zero-order chi connectivity index (χ0) is 11.6. The maximum absolute atomic E-state index is 10.8. The van der Waals surface area contributed by atoms with E-state index in [9.17, 15) is 8.42 Å². The Labute approximate surface area is 96.8 Å². The molecule has 2 atom stereocenters. The van der Waals surface area contributed by atoms with Crippen molar-refractivity contribution in [2.24, 2.45) is 0 Å². The third-order valence-corrected chi connectivity index (χ3v) is 3.84. The van der Waals surface area contributed by atoms with Crippen molar-refractivity contribution in [1.29, 1.82) is 0 Å². The molecule has 2 aliphatic heterocycles. The minimum atomic E-state index is -3.28. The first-order valence-electron chi connectivity index (χ1n) is 5.74. The number of morpholine rings is 1. The van der Waals surface area contributed by atoms with Gasteiger partial charge in [0.05, 0.1) is 26.1 Å². The lowest BCUT2D eigenvalue weighted by molar-refractivity contribution is -0.0159. The number of fused-ring (bicyclic) bond motifs is 2. The predicted octanol–water partition coefficient (Wildman–Crippen LogP) is 0.216. The maximum Gasteiger partial charge on any atom is 0.264 e. The molecule has 0 aromatic carbocycles. The van der Waals surface area contributed by atoms with Crippen LogP contribution in [-0.2, 0) is 19.0 Å². The summed E-state index contributed by atoms with van der Waals surface area (Å²) in [7, 11) is -3.28. The number of ether oxygens (including phenoxy) is 1. The van der Waals surface area contributed by atoms with Gasteiger partial charge in [-0.15, -0.1) is 0 Å². The summed E-state index contributed by atoms with van der Waals surface area (Å²) < 4.78 is 31.7. The van der Waals surface area contributed by atoms with E-state index >= 15 is 0 Å². The molecule has 6 heteroatoms. The summed E-state index contributed by atoms with van der Waals surface area (Å²) in [6.45, 7) is 2.84. The Morgan fingerprint density at radius 1 is 1.31 bits per heavy atom. The molecule has 5 nitrogen and oxygen atoms in total. The smallest absolute Gasteiger partial charge is 0.264 e. The van der Waals surface area contributed by atoms with Crippen LogP contribution in [0.25, 0.3) is 0 Å². The van der Waals surface area contributed by atoms with Crippen molar-refractivity contribution in [2.45, 2.75) is 31.3 Å². The Balaban J connectivity index is 1.70. The highest BCUT2D eigenvalue weighted by atomic mass is 32.2. The average molecular weight is 249 g/mol. The van der Waals surface area contributed by atoms with E-state index in [1.807, 2.05) is 0 Å². The standard InChI is InChI=1S/C10H19NO4S/c1-16(12,13)15-6-2-5-11-9-3-4-10(11)8-14-7-9/h9-10H,2-8H2,1H3. The van der Waals surface area contributed by atoms with E-state index in [1.54, 1.807) is 0 Å². The summed E-state index contributed by atoms with van der Waals surface area (Å²) in [6, 6.07) is 1.08. The highest BCUT2D eigenvalue weighted by Gasteiger charge is 2.36. The van der Waals surface area contributed by atoms with Gasteiger partial charge >= 0.3 is 0 Å². The first-order valence-corrected chi connectivity index (χ1v) is 7.56. The van der Waals surface area contributed by atoms with Gasteiger partial charge in [-0.25, -0.2) is 0 Å². The van der Waals surface area contributed by atoms with Gasteiger partial charge in [0.15, 0.2) is 0 Å². The molecule has 0 radical (unpaired) electrons. The van der Waals surface area contributed by atoms with Crippen molar-refractivity contribution in [3.05, 3.63) is 0 Å². The van der Waals surface area contributed by atoms with Gasteiger partial charge in [-0.05, 0) is 19.3 Å². The zero-order valence-electron chi connectivity index (χ0n) is 9.59. The molecular formula is C10H19NO4S. The predicted molar refractivity (Wildman–Crippen MR) is 59.7 cm³/mol. The van der Waals surface area contributed by atoms with Crippen molar-refractivity contribution < 1.29 is 17.3 Å². The summed E-state index contributed by atoms with van der Waals surface area (Å²) >= 11 is 0. The van der Waals surface area contributed by atoms with E-state index in [0.29, 0.717) is 12.1 Å². The Bertz CT molecular complexity index is 314. The van der Waals surface area contributed by atoms with Crippen LogP contribution >= 0.6 is 0 Å². The summed E-state index contributed by atoms with van der Waals surface area (Å²) in [5, 5.41) is 0. The highest BCUT2D eigenvalue weighted by Crippen LogP contribution is 2.28. The average Bonchev–Trinajstić information content (AvgIpc) is 2.45. The zero-order valence-corrected chi connectivity index (χ0v) is 10.4. The fourth-order valence-electron chi connectivity index (χ4n) is 2.54. The first kappa shape index (κ1) is 12.3. The summed E-state index contributed by atoms with van der Waals surface area (Å²) in [5.41, 5.74) is 0. The van der Waals surface area contributed by atoms with Crippen LogP contribution in [0.5, 0.6) is 0 Å². The molecule has 0 aromatic heterocycles. The van der Waals surface area contributed by atoms with Gasteiger partial charge in [-0.1, -0.05) is 0 Å². The van der Waals surface area contributed by atoms with Crippen LogP contribution in [0.3, 0.4) is 0 Å². The molecule has 2 fully saturated rings. The van der Waals surface area contributed by atoms with Crippen molar-refractivity contribution in [3.8, 4) is 0 Å². The van der Waals surface area contributed by atoms with Crippen molar-refractivity contribution >= 4 is 10.1 Å². The van der Waals surface area contributed by atoms with Crippen LogP contribution in [0, 0.1) is 0 Å². The van der Waals surface area contributed by atoms with Gasteiger partial charge < -0.3 is 4.74 Å². The van der Waals surface area contributed by atoms with Crippen LogP contribution in [0.15, 0.2) is 0 Å². The molecule has 2 bridgehead atoms. The molecule has 0 aliphatic carbocycles. The van der Waals surface area contributed by atoms with Gasteiger partial charge in [0.1, 0.15) is 0 Å². The third kappa shape index (κ3) is 3.16. The number of hydrogen-bond donors (Lipinski definition) is 0. The van der Waals surface area contributed by atoms with Gasteiger partial charge in [0.25, 0.3) is 10.1 Å². The van der Waals surface area contributed by atoms with Crippen LogP contribution in [-0.4, -0.2) is 58.0 Å². The molecule has 2 heterocycles. The SMILES string of the molecule is CS(=O)(=O)OCCCN1C2CCC1COC2. The molecule has 0 spiro atoms. The molecule has 2 rings (SSSR count). The van der Waals surface area contributed by atoms with E-state index < -0.39 is 10.1 Å². The molecule has 94 valence electrons. The lowest BCUT2D eigenvalue weighted by Gasteiger charge is -2.34. The second-order valence-corrected chi connectivity index (χ2v) is 6.18. The Morgan fingerprint density at radius 3 is 2.50 bits per heavy atom. The molecule has 16 heavy (non-hydrogen) atoms. The van der Waals surface area contributed by atoms with Crippen molar-refractivity contribution in [3.63, 3.8) is 0 Å². The monoisotopic (exact) mass is 249 g/mol. The summed E-state index contributed by atoms with van der Waals surface area (Å²) in [6.07, 6.45) is 4.26. The topological polar surface area (TPSA) is 55.8 Å². The Morgan fingerprint density at radius 2 is 1.94 bits per heavy atom. The Kier molecular flexibility index (Phi) is 3.84. The minimum Gasteiger partial charge on any atom is -0.378 e. The number of hydrogen-bond acceptors (Lipinski definition) is 5. The van der Waals surface area contributed by atoms with Crippen LogP contribution < -0.4 is 0 Å². The van der Waals surface area contributed by atoms with Crippen LogP contribution in [0.1, 0.15) is 19.3 Å². The molecule has 2 saturated heterocycles. The number of rotatable bonds is 5. The van der Waals surface area contributed by atoms with E-state index in [2.05, 4.69) is 4.90 Å². The third-order valence-electron chi connectivity index (χ3n) is 3.25.